The van der Waals surface area contributed by atoms with Crippen LogP contribution in [0.4, 0.5) is 0 Å². The molecule has 2 aromatic rings. The maximum atomic E-state index is 12.0. The molecule has 0 fully saturated rings. The molecule has 0 bridgehead atoms. The Balaban J connectivity index is 1.91. The summed E-state index contributed by atoms with van der Waals surface area (Å²) >= 11 is 1.50. The quantitative estimate of drug-likeness (QED) is 0.886. The molecule has 6 heteroatoms. The SMILES string of the molecule is CC(O)CCN(C)C(=O)Cc1csc(-c2ccoc2)n1. The van der Waals surface area contributed by atoms with Crippen molar-refractivity contribution >= 4 is 17.2 Å². The van der Waals surface area contributed by atoms with Gasteiger partial charge in [-0.1, -0.05) is 0 Å². The molecule has 0 aliphatic heterocycles. The predicted molar refractivity (Wildman–Crippen MR) is 77.5 cm³/mol. The molecule has 108 valence electrons. The molecule has 0 radical (unpaired) electrons. The number of nitrogens with zero attached hydrogens (tertiary/aromatic N) is 2. The van der Waals surface area contributed by atoms with Gasteiger partial charge in [-0.15, -0.1) is 11.3 Å². The van der Waals surface area contributed by atoms with Crippen LogP contribution in [0.2, 0.25) is 0 Å². The number of thiazole rings is 1. The van der Waals surface area contributed by atoms with Crippen LogP contribution in [0.15, 0.2) is 28.4 Å². The molecule has 0 aromatic carbocycles. The third-order valence-corrected chi connectivity index (χ3v) is 3.90. The zero-order chi connectivity index (χ0) is 14.5. The van der Waals surface area contributed by atoms with Crippen LogP contribution >= 0.6 is 11.3 Å². The summed E-state index contributed by atoms with van der Waals surface area (Å²) in [4.78, 5) is 18.1. The number of carbonyl (C=O) groups is 1. The topological polar surface area (TPSA) is 66.6 Å². The van der Waals surface area contributed by atoms with Crippen LogP contribution in [0, 0.1) is 0 Å². The van der Waals surface area contributed by atoms with Crippen LogP contribution in [0.3, 0.4) is 0 Å². The first-order chi connectivity index (χ1) is 9.56. The lowest BCUT2D eigenvalue weighted by atomic mass is 10.2. The van der Waals surface area contributed by atoms with Gasteiger partial charge in [-0.3, -0.25) is 4.79 Å². The molecule has 0 spiro atoms. The highest BCUT2D eigenvalue weighted by molar-refractivity contribution is 7.13. The molecule has 1 amide bonds. The van der Waals surface area contributed by atoms with Crippen LogP contribution in [-0.4, -0.2) is 40.6 Å². The van der Waals surface area contributed by atoms with Gasteiger partial charge in [0.15, 0.2) is 0 Å². The normalized spacial score (nSPS) is 12.3. The second-order valence-corrected chi connectivity index (χ2v) is 5.64. The number of furan rings is 1. The first-order valence-corrected chi connectivity index (χ1v) is 7.33. The van der Waals surface area contributed by atoms with Crippen LogP contribution in [0.25, 0.3) is 10.6 Å². The zero-order valence-corrected chi connectivity index (χ0v) is 12.4. The first kappa shape index (κ1) is 14.7. The Morgan fingerprint density at radius 1 is 1.60 bits per heavy atom. The van der Waals surface area contributed by atoms with Crippen molar-refractivity contribution in [1.29, 1.82) is 0 Å². The molecular weight excluding hydrogens is 276 g/mol. The van der Waals surface area contributed by atoms with Crippen molar-refractivity contribution in [1.82, 2.24) is 9.88 Å². The van der Waals surface area contributed by atoms with Gasteiger partial charge < -0.3 is 14.4 Å². The number of aliphatic hydroxyl groups excluding tert-OH is 1. The molecule has 2 rings (SSSR count). The maximum Gasteiger partial charge on any atom is 0.228 e. The summed E-state index contributed by atoms with van der Waals surface area (Å²) in [6, 6.07) is 1.85. The highest BCUT2D eigenvalue weighted by Crippen LogP contribution is 2.24. The fraction of sp³-hybridized carbons (Fsp3) is 0.429. The Labute approximate surface area is 121 Å². The molecule has 0 aliphatic rings. The Bertz CT molecular complexity index is 549. The summed E-state index contributed by atoms with van der Waals surface area (Å²) in [7, 11) is 1.74. The van der Waals surface area contributed by atoms with Crippen LogP contribution in [-0.2, 0) is 11.2 Å². The Kier molecular flexibility index (Phi) is 4.92. The Morgan fingerprint density at radius 3 is 3.05 bits per heavy atom. The number of aromatic nitrogens is 1. The molecule has 20 heavy (non-hydrogen) atoms. The van der Waals surface area contributed by atoms with Gasteiger partial charge in [0.2, 0.25) is 5.91 Å². The largest absolute Gasteiger partial charge is 0.472 e. The van der Waals surface area contributed by atoms with Gasteiger partial charge in [0, 0.05) is 24.5 Å². The van der Waals surface area contributed by atoms with Crippen LogP contribution < -0.4 is 0 Å². The lowest BCUT2D eigenvalue weighted by Gasteiger charge is -2.17. The highest BCUT2D eigenvalue weighted by atomic mass is 32.1. The van der Waals surface area contributed by atoms with Gasteiger partial charge in [-0.2, -0.15) is 0 Å². The lowest BCUT2D eigenvalue weighted by Crippen LogP contribution is -2.30. The monoisotopic (exact) mass is 294 g/mol. The van der Waals surface area contributed by atoms with E-state index in [9.17, 15) is 9.90 Å². The van der Waals surface area contributed by atoms with Gasteiger partial charge >= 0.3 is 0 Å². The summed E-state index contributed by atoms with van der Waals surface area (Å²) in [5, 5.41) is 12.0. The smallest absolute Gasteiger partial charge is 0.228 e. The Morgan fingerprint density at radius 2 is 2.40 bits per heavy atom. The van der Waals surface area contributed by atoms with E-state index >= 15 is 0 Å². The van der Waals surface area contributed by atoms with E-state index in [4.69, 9.17) is 4.42 Å². The second kappa shape index (κ2) is 6.67. The second-order valence-electron chi connectivity index (χ2n) is 4.79. The zero-order valence-electron chi connectivity index (χ0n) is 11.6. The minimum atomic E-state index is -0.391. The maximum absolute atomic E-state index is 12.0. The van der Waals surface area contributed by atoms with E-state index in [1.807, 2.05) is 11.4 Å². The van der Waals surface area contributed by atoms with Gasteiger partial charge in [0.1, 0.15) is 11.3 Å². The summed E-state index contributed by atoms with van der Waals surface area (Å²) in [6.45, 7) is 2.27. The van der Waals surface area contributed by atoms with Crippen LogP contribution in [0.1, 0.15) is 19.0 Å². The van der Waals surface area contributed by atoms with E-state index in [2.05, 4.69) is 4.98 Å². The van der Waals surface area contributed by atoms with Crippen molar-refractivity contribution in [2.24, 2.45) is 0 Å². The van der Waals surface area contributed by atoms with Crippen molar-refractivity contribution in [3.8, 4) is 10.6 Å². The highest BCUT2D eigenvalue weighted by Gasteiger charge is 2.13. The summed E-state index contributed by atoms with van der Waals surface area (Å²) in [6.07, 6.45) is 3.71. The number of hydrogen-bond acceptors (Lipinski definition) is 5. The van der Waals surface area contributed by atoms with Crippen LogP contribution in [0.5, 0.6) is 0 Å². The number of aliphatic hydroxyl groups is 1. The number of hydrogen-bond donors (Lipinski definition) is 1. The number of likely N-dealkylation sites (N-methyl/N-ethyl adjacent to an activating group) is 1. The van der Waals surface area contributed by atoms with E-state index in [1.54, 1.807) is 31.4 Å². The summed E-state index contributed by atoms with van der Waals surface area (Å²) in [5.74, 6) is 0.00898. The molecule has 0 saturated heterocycles. The third-order valence-electron chi connectivity index (χ3n) is 2.96. The van der Waals surface area contributed by atoms with Crippen molar-refractivity contribution in [3.05, 3.63) is 29.7 Å². The van der Waals surface area contributed by atoms with Gasteiger partial charge in [-0.25, -0.2) is 4.98 Å². The molecule has 2 aromatic heterocycles. The van der Waals surface area contributed by atoms with Gasteiger partial charge in [0.25, 0.3) is 0 Å². The van der Waals surface area contributed by atoms with Crippen molar-refractivity contribution in [2.45, 2.75) is 25.9 Å². The molecule has 5 nitrogen and oxygen atoms in total. The average Bonchev–Trinajstić information content (AvgIpc) is 3.05. The predicted octanol–water partition coefficient (Wildman–Crippen LogP) is 2.17. The molecule has 2 heterocycles. The summed E-state index contributed by atoms with van der Waals surface area (Å²) < 4.78 is 5.02. The molecule has 1 unspecified atom stereocenters. The minimum absolute atomic E-state index is 0.00898. The molecule has 1 N–H and O–H groups in total. The molecule has 1 atom stereocenters. The molecule has 0 saturated carbocycles. The fourth-order valence-electron chi connectivity index (χ4n) is 1.70. The van der Waals surface area contributed by atoms with E-state index in [1.165, 1.54) is 11.3 Å². The average molecular weight is 294 g/mol. The summed E-state index contributed by atoms with van der Waals surface area (Å²) in [5.41, 5.74) is 1.69. The van der Waals surface area contributed by atoms with E-state index in [-0.39, 0.29) is 12.3 Å². The standard InChI is InChI=1S/C14H18N2O3S/c1-10(17)3-5-16(2)13(18)7-12-9-20-14(15-12)11-4-6-19-8-11/h4,6,8-10,17H,3,5,7H2,1-2H3. The van der Waals surface area contributed by atoms with Crippen molar-refractivity contribution < 1.29 is 14.3 Å². The number of carbonyl (C=O) groups excluding carboxylic acids is 1. The van der Waals surface area contributed by atoms with Gasteiger partial charge in [0.05, 0.1) is 24.5 Å². The number of rotatable bonds is 6. The van der Waals surface area contributed by atoms with E-state index < -0.39 is 6.10 Å². The van der Waals surface area contributed by atoms with Crippen molar-refractivity contribution in [2.75, 3.05) is 13.6 Å². The first-order valence-electron chi connectivity index (χ1n) is 6.45. The Hall–Kier alpha value is -1.66. The van der Waals surface area contributed by atoms with E-state index in [0.717, 1.165) is 16.3 Å². The van der Waals surface area contributed by atoms with E-state index in [0.29, 0.717) is 13.0 Å². The van der Waals surface area contributed by atoms with Crippen molar-refractivity contribution in [3.63, 3.8) is 0 Å². The van der Waals surface area contributed by atoms with Gasteiger partial charge in [-0.05, 0) is 19.4 Å². The number of amides is 1. The molecule has 0 aliphatic carbocycles. The lowest BCUT2D eigenvalue weighted by molar-refractivity contribution is -0.129. The minimum Gasteiger partial charge on any atom is -0.472 e. The fourth-order valence-corrected chi connectivity index (χ4v) is 2.51. The third kappa shape index (κ3) is 3.91. The molecular formula is C14H18N2O3S.